The lowest BCUT2D eigenvalue weighted by Gasteiger charge is -2.18. The van der Waals surface area contributed by atoms with Crippen molar-refractivity contribution in [1.29, 1.82) is 0 Å². The molecule has 0 saturated carbocycles. The van der Waals surface area contributed by atoms with Gasteiger partial charge < -0.3 is 22.1 Å². The number of carbonyl (C=O) groups excluding carboxylic acids is 4. The van der Waals surface area contributed by atoms with Gasteiger partial charge in [-0.1, -0.05) is 24.3 Å². The van der Waals surface area contributed by atoms with E-state index in [-0.39, 0.29) is 22.9 Å². The van der Waals surface area contributed by atoms with Crippen LogP contribution >= 0.6 is 0 Å². The second kappa shape index (κ2) is 9.13. The van der Waals surface area contributed by atoms with Crippen LogP contribution in [-0.4, -0.2) is 23.6 Å². The van der Waals surface area contributed by atoms with Crippen LogP contribution in [0.1, 0.15) is 34.6 Å². The maximum absolute atomic E-state index is 12.2. The highest BCUT2D eigenvalue weighted by Gasteiger charge is 2.22. The Kier molecular flexibility index (Phi) is 6.34. The zero-order valence-electron chi connectivity index (χ0n) is 17.6. The first-order chi connectivity index (χ1) is 15.2. The molecular weight excluding hydrogens is 408 g/mol. The predicted octanol–water partition coefficient (Wildman–Crippen LogP) is 3.14. The fourth-order valence-electron chi connectivity index (χ4n) is 3.46. The maximum Gasteiger partial charge on any atom is 0.249 e. The molecule has 0 unspecified atom stereocenters. The Morgan fingerprint density at radius 3 is 1.12 bits per heavy atom. The number of hydrogen-bond acceptors (Lipinski definition) is 4. The number of amides is 4. The molecule has 8 heteroatoms. The monoisotopic (exact) mass is 430 g/mol. The van der Waals surface area contributed by atoms with Gasteiger partial charge in [-0.05, 0) is 47.5 Å². The van der Waals surface area contributed by atoms with Crippen molar-refractivity contribution in [3.63, 3.8) is 0 Å². The molecule has 3 rings (SSSR count). The quantitative estimate of drug-likeness (QED) is 0.476. The van der Waals surface area contributed by atoms with E-state index in [4.69, 9.17) is 11.5 Å². The van der Waals surface area contributed by atoms with Gasteiger partial charge in [-0.3, -0.25) is 19.2 Å². The van der Waals surface area contributed by atoms with Crippen LogP contribution in [-0.2, 0) is 9.59 Å². The summed E-state index contributed by atoms with van der Waals surface area (Å²) in [4.78, 5) is 47.1. The van der Waals surface area contributed by atoms with Crippen LogP contribution in [0.2, 0.25) is 0 Å². The lowest BCUT2D eigenvalue weighted by Crippen LogP contribution is -2.17. The molecule has 4 amide bonds. The smallest absolute Gasteiger partial charge is 0.249 e. The van der Waals surface area contributed by atoms with Crippen molar-refractivity contribution in [3.8, 4) is 22.3 Å². The third kappa shape index (κ3) is 4.81. The Hall–Kier alpha value is -4.46. The fourth-order valence-corrected chi connectivity index (χ4v) is 3.46. The van der Waals surface area contributed by atoms with Crippen LogP contribution in [0.3, 0.4) is 0 Å². The number of hydrogen-bond donors (Lipinski definition) is 4. The number of benzene rings is 3. The highest BCUT2D eigenvalue weighted by atomic mass is 16.2. The minimum absolute atomic E-state index is 0.211. The molecule has 3 aromatic carbocycles. The molecule has 0 bridgehead atoms. The van der Waals surface area contributed by atoms with Crippen molar-refractivity contribution in [2.75, 3.05) is 10.6 Å². The summed E-state index contributed by atoms with van der Waals surface area (Å²) in [5, 5.41) is 5.36. The molecule has 0 spiro atoms. The number of rotatable bonds is 6. The summed E-state index contributed by atoms with van der Waals surface area (Å²) in [6, 6.07) is 16.5. The van der Waals surface area contributed by atoms with Gasteiger partial charge in [0.2, 0.25) is 23.6 Å². The van der Waals surface area contributed by atoms with Crippen LogP contribution in [0.5, 0.6) is 0 Å². The topological polar surface area (TPSA) is 144 Å². The van der Waals surface area contributed by atoms with Gasteiger partial charge in [0.15, 0.2) is 0 Å². The molecule has 0 saturated heterocycles. The van der Waals surface area contributed by atoms with Crippen molar-refractivity contribution in [2.45, 2.75) is 13.8 Å². The number of nitrogens with one attached hydrogen (secondary N) is 2. The zero-order chi connectivity index (χ0) is 23.4. The van der Waals surface area contributed by atoms with Gasteiger partial charge >= 0.3 is 0 Å². The van der Waals surface area contributed by atoms with E-state index >= 15 is 0 Å². The highest BCUT2D eigenvalue weighted by molar-refractivity contribution is 6.10. The molecule has 6 N–H and O–H groups in total. The molecule has 0 aliphatic rings. The summed E-state index contributed by atoms with van der Waals surface area (Å²) >= 11 is 0. The van der Waals surface area contributed by atoms with Gasteiger partial charge in [-0.2, -0.15) is 0 Å². The Labute approximate surface area is 184 Å². The van der Waals surface area contributed by atoms with Crippen molar-refractivity contribution in [2.24, 2.45) is 11.5 Å². The third-order valence-electron chi connectivity index (χ3n) is 4.72. The van der Waals surface area contributed by atoms with Gasteiger partial charge in [0.25, 0.3) is 0 Å². The fraction of sp³-hybridized carbons (Fsp3) is 0.0833. The summed E-state index contributed by atoms with van der Waals surface area (Å²) < 4.78 is 0. The third-order valence-corrected chi connectivity index (χ3v) is 4.72. The van der Waals surface area contributed by atoms with Gasteiger partial charge in [0.05, 0.1) is 0 Å². The van der Waals surface area contributed by atoms with Crippen molar-refractivity contribution in [1.82, 2.24) is 0 Å². The molecule has 0 aromatic heterocycles. The largest absolute Gasteiger partial charge is 0.366 e. The Bertz CT molecular complexity index is 1120. The Morgan fingerprint density at radius 1 is 0.562 bits per heavy atom. The predicted molar refractivity (Wildman–Crippen MR) is 123 cm³/mol. The van der Waals surface area contributed by atoms with Crippen LogP contribution in [0, 0.1) is 0 Å². The Morgan fingerprint density at radius 2 is 0.875 bits per heavy atom. The van der Waals surface area contributed by atoms with Crippen LogP contribution in [0.15, 0.2) is 60.7 Å². The lowest BCUT2D eigenvalue weighted by molar-refractivity contribution is -0.115. The van der Waals surface area contributed by atoms with Crippen molar-refractivity contribution >= 4 is 35.0 Å². The highest BCUT2D eigenvalue weighted by Crippen LogP contribution is 2.38. The second-order valence-corrected chi connectivity index (χ2v) is 7.16. The van der Waals surface area contributed by atoms with Crippen molar-refractivity contribution < 1.29 is 19.2 Å². The molecule has 0 aliphatic carbocycles. The molecule has 32 heavy (non-hydrogen) atoms. The first kappa shape index (κ1) is 22.2. The SMILES string of the molecule is CC(=O)Nc1ccc(-c2c(C(N)=O)ccc(C(N)=O)c2-c2ccc(NC(C)=O)cc2)cc1. The standard InChI is InChI=1S/C24H22N4O4/c1-13(29)27-17-7-3-15(4-8-17)21-19(23(25)31)11-12-20(24(26)32)22(21)16-5-9-18(10-6-16)28-14(2)30/h3-12H,1-2H3,(H2,25,31)(H2,26,32)(H,27,29)(H,28,30). The number of anilines is 2. The second-order valence-electron chi connectivity index (χ2n) is 7.16. The average molecular weight is 430 g/mol. The van der Waals surface area contributed by atoms with E-state index in [1.807, 2.05) is 0 Å². The van der Waals surface area contributed by atoms with Crippen LogP contribution < -0.4 is 22.1 Å². The van der Waals surface area contributed by atoms with E-state index in [1.165, 1.54) is 26.0 Å². The minimum atomic E-state index is -0.668. The molecule has 0 radical (unpaired) electrons. The molecule has 0 heterocycles. The molecule has 0 fully saturated rings. The van der Waals surface area contributed by atoms with Gasteiger partial charge in [0.1, 0.15) is 0 Å². The zero-order valence-corrected chi connectivity index (χ0v) is 17.6. The summed E-state index contributed by atoms with van der Waals surface area (Å²) in [7, 11) is 0. The number of nitrogens with two attached hydrogens (primary N) is 2. The Balaban J connectivity index is 2.25. The molecule has 0 aliphatic heterocycles. The molecule has 162 valence electrons. The first-order valence-corrected chi connectivity index (χ1v) is 9.70. The van der Waals surface area contributed by atoms with E-state index < -0.39 is 11.8 Å². The summed E-state index contributed by atoms with van der Waals surface area (Å²) in [5.74, 6) is -1.77. The summed E-state index contributed by atoms with van der Waals surface area (Å²) in [6.07, 6.45) is 0. The van der Waals surface area contributed by atoms with E-state index in [9.17, 15) is 19.2 Å². The van der Waals surface area contributed by atoms with Gasteiger partial charge in [0, 0.05) is 47.5 Å². The minimum Gasteiger partial charge on any atom is -0.366 e. The molecule has 0 atom stereocenters. The number of primary amides is 2. The molecular formula is C24H22N4O4. The van der Waals surface area contributed by atoms with Crippen LogP contribution in [0.4, 0.5) is 11.4 Å². The summed E-state index contributed by atoms with van der Waals surface area (Å²) in [5.41, 5.74) is 15.0. The summed E-state index contributed by atoms with van der Waals surface area (Å²) in [6.45, 7) is 2.80. The molecule has 8 nitrogen and oxygen atoms in total. The van der Waals surface area contributed by atoms with Crippen LogP contribution in [0.25, 0.3) is 22.3 Å². The van der Waals surface area contributed by atoms with E-state index in [1.54, 1.807) is 48.5 Å². The van der Waals surface area contributed by atoms with E-state index in [0.29, 0.717) is 33.6 Å². The van der Waals surface area contributed by atoms with Gasteiger partial charge in [-0.15, -0.1) is 0 Å². The van der Waals surface area contributed by atoms with E-state index in [2.05, 4.69) is 10.6 Å². The average Bonchev–Trinajstić information content (AvgIpc) is 2.73. The van der Waals surface area contributed by atoms with E-state index in [0.717, 1.165) is 0 Å². The lowest BCUT2D eigenvalue weighted by atomic mass is 9.86. The van der Waals surface area contributed by atoms with Gasteiger partial charge in [-0.25, -0.2) is 0 Å². The maximum atomic E-state index is 12.2. The van der Waals surface area contributed by atoms with Crippen molar-refractivity contribution in [3.05, 3.63) is 71.8 Å². The normalized spacial score (nSPS) is 10.3. The number of carbonyl (C=O) groups is 4. The first-order valence-electron chi connectivity index (χ1n) is 9.70. The molecule has 3 aromatic rings.